The molecule has 0 spiro atoms. The first-order chi connectivity index (χ1) is 9.04. The van der Waals surface area contributed by atoms with Crippen molar-refractivity contribution in [3.05, 3.63) is 57.5 Å². The van der Waals surface area contributed by atoms with Gasteiger partial charge in [-0.3, -0.25) is 4.79 Å². The molecule has 2 rings (SSSR count). The van der Waals surface area contributed by atoms with E-state index in [0.29, 0.717) is 12.1 Å². The Balaban J connectivity index is 2.50. The third kappa shape index (κ3) is 2.68. The van der Waals surface area contributed by atoms with Crippen molar-refractivity contribution in [3.63, 3.8) is 0 Å². The number of aromatic hydroxyl groups is 1. The predicted octanol–water partition coefficient (Wildman–Crippen LogP) is 2.94. The topological polar surface area (TPSA) is 42.2 Å². The molecule has 1 aromatic heterocycles. The molecule has 19 heavy (non-hydrogen) atoms. The summed E-state index contributed by atoms with van der Waals surface area (Å²) in [5.74, 6) is 0.0666. The molecule has 0 atom stereocenters. The van der Waals surface area contributed by atoms with Crippen LogP contribution in [0.3, 0.4) is 0 Å². The Hall–Kier alpha value is -1.68. The SMILES string of the molecule is CSc1ccccc1Cn1c(C)cc(O)c(C)c1=O. The van der Waals surface area contributed by atoms with E-state index >= 15 is 0 Å². The fraction of sp³-hybridized carbons (Fsp3) is 0.267. The van der Waals surface area contributed by atoms with E-state index in [1.54, 1.807) is 29.3 Å². The molecule has 4 heteroatoms. The number of thioether (sulfide) groups is 1. The van der Waals surface area contributed by atoms with Gasteiger partial charge < -0.3 is 9.67 Å². The highest BCUT2D eigenvalue weighted by atomic mass is 32.2. The van der Waals surface area contributed by atoms with Crippen LogP contribution in [0, 0.1) is 13.8 Å². The zero-order chi connectivity index (χ0) is 14.0. The van der Waals surface area contributed by atoms with Crippen LogP contribution in [0.2, 0.25) is 0 Å². The molecule has 0 unspecified atom stereocenters. The number of hydrogen-bond acceptors (Lipinski definition) is 3. The van der Waals surface area contributed by atoms with Gasteiger partial charge in [-0.15, -0.1) is 11.8 Å². The monoisotopic (exact) mass is 275 g/mol. The lowest BCUT2D eigenvalue weighted by atomic mass is 10.2. The molecule has 1 heterocycles. The van der Waals surface area contributed by atoms with Crippen molar-refractivity contribution >= 4 is 11.8 Å². The summed E-state index contributed by atoms with van der Waals surface area (Å²) in [6, 6.07) is 9.68. The third-order valence-corrected chi connectivity index (χ3v) is 4.08. The average molecular weight is 275 g/mol. The van der Waals surface area contributed by atoms with Gasteiger partial charge in [0.05, 0.1) is 12.1 Å². The summed E-state index contributed by atoms with van der Waals surface area (Å²) in [6.07, 6.45) is 2.02. The number of aryl methyl sites for hydroxylation is 1. The molecular weight excluding hydrogens is 258 g/mol. The van der Waals surface area contributed by atoms with Gasteiger partial charge in [-0.25, -0.2) is 0 Å². The summed E-state index contributed by atoms with van der Waals surface area (Å²) in [7, 11) is 0. The minimum absolute atomic E-state index is 0.0666. The zero-order valence-electron chi connectivity index (χ0n) is 11.3. The van der Waals surface area contributed by atoms with Crippen molar-refractivity contribution in [2.75, 3.05) is 6.26 Å². The molecule has 100 valence electrons. The molecule has 1 aromatic carbocycles. The van der Waals surface area contributed by atoms with Crippen LogP contribution in [0.1, 0.15) is 16.8 Å². The summed E-state index contributed by atoms with van der Waals surface area (Å²) < 4.78 is 1.70. The van der Waals surface area contributed by atoms with Crippen LogP contribution in [-0.2, 0) is 6.54 Å². The first-order valence-corrected chi connectivity index (χ1v) is 7.29. The van der Waals surface area contributed by atoms with E-state index in [1.165, 1.54) is 4.90 Å². The van der Waals surface area contributed by atoms with Crippen LogP contribution >= 0.6 is 11.8 Å². The highest BCUT2D eigenvalue weighted by molar-refractivity contribution is 7.98. The summed E-state index contributed by atoms with van der Waals surface area (Å²) in [4.78, 5) is 13.4. The van der Waals surface area contributed by atoms with Gasteiger partial charge in [0.1, 0.15) is 5.75 Å². The Kier molecular flexibility index (Phi) is 4.00. The highest BCUT2D eigenvalue weighted by Crippen LogP contribution is 2.21. The number of nitrogens with zero attached hydrogens (tertiary/aromatic N) is 1. The van der Waals surface area contributed by atoms with Crippen molar-refractivity contribution < 1.29 is 5.11 Å². The van der Waals surface area contributed by atoms with E-state index in [2.05, 4.69) is 0 Å². The van der Waals surface area contributed by atoms with E-state index < -0.39 is 0 Å². The number of aromatic nitrogens is 1. The van der Waals surface area contributed by atoms with Crippen molar-refractivity contribution in [3.8, 4) is 5.75 Å². The normalized spacial score (nSPS) is 10.7. The lowest BCUT2D eigenvalue weighted by Gasteiger charge is -2.14. The van der Waals surface area contributed by atoms with Gasteiger partial charge in [0, 0.05) is 10.6 Å². The van der Waals surface area contributed by atoms with Gasteiger partial charge in [0.25, 0.3) is 5.56 Å². The molecule has 0 aliphatic carbocycles. The molecule has 0 aliphatic heterocycles. The Bertz CT molecular complexity index is 662. The van der Waals surface area contributed by atoms with E-state index in [9.17, 15) is 9.90 Å². The predicted molar refractivity (Wildman–Crippen MR) is 79.2 cm³/mol. The molecule has 0 saturated heterocycles. The molecule has 0 amide bonds. The van der Waals surface area contributed by atoms with Crippen LogP contribution in [0.4, 0.5) is 0 Å². The number of pyridine rings is 1. The van der Waals surface area contributed by atoms with Crippen LogP contribution in [0.15, 0.2) is 40.0 Å². The summed E-state index contributed by atoms with van der Waals surface area (Å²) in [5.41, 5.74) is 2.15. The van der Waals surface area contributed by atoms with Crippen molar-refractivity contribution in [1.82, 2.24) is 4.57 Å². The van der Waals surface area contributed by atoms with Crippen LogP contribution < -0.4 is 5.56 Å². The summed E-state index contributed by atoms with van der Waals surface area (Å²) in [6.45, 7) is 4.01. The fourth-order valence-corrected chi connectivity index (χ4v) is 2.67. The van der Waals surface area contributed by atoms with Gasteiger partial charge in [-0.05, 0) is 37.8 Å². The van der Waals surface area contributed by atoms with E-state index in [1.807, 2.05) is 37.4 Å². The van der Waals surface area contributed by atoms with Crippen LogP contribution in [0.25, 0.3) is 0 Å². The molecular formula is C15H17NO2S. The van der Waals surface area contributed by atoms with Gasteiger partial charge >= 0.3 is 0 Å². The molecule has 0 saturated carbocycles. The van der Waals surface area contributed by atoms with Gasteiger partial charge in [-0.2, -0.15) is 0 Å². The lowest BCUT2D eigenvalue weighted by molar-refractivity contribution is 0.465. The molecule has 0 bridgehead atoms. The Morgan fingerprint density at radius 1 is 1.26 bits per heavy atom. The van der Waals surface area contributed by atoms with Crippen molar-refractivity contribution in [1.29, 1.82) is 0 Å². The van der Waals surface area contributed by atoms with Gasteiger partial charge in [-0.1, -0.05) is 18.2 Å². The minimum atomic E-state index is -0.131. The van der Waals surface area contributed by atoms with Crippen LogP contribution in [-0.4, -0.2) is 15.9 Å². The first-order valence-electron chi connectivity index (χ1n) is 6.06. The summed E-state index contributed by atoms with van der Waals surface area (Å²) in [5, 5.41) is 9.65. The smallest absolute Gasteiger partial charge is 0.257 e. The Labute approximate surface area is 116 Å². The van der Waals surface area contributed by atoms with Gasteiger partial charge in [0.2, 0.25) is 0 Å². The number of rotatable bonds is 3. The average Bonchev–Trinajstić information content (AvgIpc) is 2.41. The molecule has 0 aliphatic rings. The minimum Gasteiger partial charge on any atom is -0.507 e. The van der Waals surface area contributed by atoms with E-state index in [4.69, 9.17) is 0 Å². The highest BCUT2D eigenvalue weighted by Gasteiger charge is 2.10. The quantitative estimate of drug-likeness (QED) is 0.876. The lowest BCUT2D eigenvalue weighted by Crippen LogP contribution is -2.24. The van der Waals surface area contributed by atoms with Crippen molar-refractivity contribution in [2.24, 2.45) is 0 Å². The molecule has 0 radical (unpaired) electrons. The molecule has 2 aromatic rings. The van der Waals surface area contributed by atoms with E-state index in [0.717, 1.165) is 11.3 Å². The maximum atomic E-state index is 12.2. The number of hydrogen-bond donors (Lipinski definition) is 1. The third-order valence-electron chi connectivity index (χ3n) is 3.24. The zero-order valence-corrected chi connectivity index (χ0v) is 12.1. The maximum absolute atomic E-state index is 12.2. The standard InChI is InChI=1S/C15H17NO2S/c1-10-8-13(17)11(2)15(18)16(10)9-12-6-4-5-7-14(12)19-3/h4-8,17H,9H2,1-3H3. The molecule has 3 nitrogen and oxygen atoms in total. The number of benzene rings is 1. The van der Waals surface area contributed by atoms with Crippen molar-refractivity contribution in [2.45, 2.75) is 25.3 Å². The summed E-state index contributed by atoms with van der Waals surface area (Å²) >= 11 is 1.67. The van der Waals surface area contributed by atoms with Gasteiger partial charge in [0.15, 0.2) is 0 Å². The fourth-order valence-electron chi connectivity index (χ4n) is 2.06. The second-order valence-corrected chi connectivity index (χ2v) is 5.35. The maximum Gasteiger partial charge on any atom is 0.257 e. The Morgan fingerprint density at radius 3 is 2.63 bits per heavy atom. The second-order valence-electron chi connectivity index (χ2n) is 4.50. The van der Waals surface area contributed by atoms with Crippen LogP contribution in [0.5, 0.6) is 5.75 Å². The largest absolute Gasteiger partial charge is 0.507 e. The first kappa shape index (κ1) is 13.7. The second kappa shape index (κ2) is 5.53. The molecule has 1 N–H and O–H groups in total. The molecule has 0 fully saturated rings. The Morgan fingerprint density at radius 2 is 1.95 bits per heavy atom. The van der Waals surface area contributed by atoms with E-state index in [-0.39, 0.29) is 11.3 Å².